The predicted octanol–water partition coefficient (Wildman–Crippen LogP) is 5.33. The van der Waals surface area contributed by atoms with Crippen molar-refractivity contribution in [1.29, 1.82) is 0 Å². The van der Waals surface area contributed by atoms with Crippen molar-refractivity contribution in [1.82, 2.24) is 0 Å². The van der Waals surface area contributed by atoms with Crippen LogP contribution >= 0.6 is 0 Å². The molecular formula is C46H32O6. The molecule has 0 spiro atoms. The van der Waals surface area contributed by atoms with Gasteiger partial charge in [-0.2, -0.15) is 0 Å². The Labute approximate surface area is 304 Å². The van der Waals surface area contributed by atoms with Gasteiger partial charge in [0.2, 0.25) is 22.4 Å². The average Bonchev–Trinajstić information content (AvgIpc) is 3.21. The lowest BCUT2D eigenvalue weighted by molar-refractivity contribution is -0.109. The number of hydrogen-bond donors (Lipinski definition) is 0. The maximum atomic E-state index is 13.5. The van der Waals surface area contributed by atoms with E-state index in [9.17, 15) is 9.59 Å². The summed E-state index contributed by atoms with van der Waals surface area (Å²) in [6.07, 6.45) is 0. The molecule has 0 N–H and O–H groups in total. The molecule has 0 heterocycles. The Morgan fingerprint density at radius 3 is 0.692 bits per heavy atom. The Kier molecular flexibility index (Phi) is 11.6. The fraction of sp³-hybridized carbons (Fsp3) is 0.174. The molecule has 5 rings (SSSR count). The highest BCUT2D eigenvalue weighted by atomic mass is 16.5. The van der Waals surface area contributed by atoms with Crippen molar-refractivity contribution >= 4 is 11.6 Å². The van der Waals surface area contributed by atoms with Gasteiger partial charge in [-0.1, -0.05) is 121 Å². The Hall–Kier alpha value is -6.58. The van der Waals surface area contributed by atoms with E-state index in [2.05, 4.69) is 71.0 Å². The van der Waals surface area contributed by atoms with E-state index in [0.29, 0.717) is 22.3 Å². The van der Waals surface area contributed by atoms with E-state index in [1.54, 1.807) is 97.1 Å². The fourth-order valence-electron chi connectivity index (χ4n) is 5.27. The van der Waals surface area contributed by atoms with E-state index >= 15 is 0 Å². The predicted molar refractivity (Wildman–Crippen MR) is 197 cm³/mol. The van der Waals surface area contributed by atoms with Crippen molar-refractivity contribution in [2.75, 3.05) is 28.4 Å². The van der Waals surface area contributed by atoms with Crippen LogP contribution in [0.2, 0.25) is 0 Å². The molecule has 4 atom stereocenters. The van der Waals surface area contributed by atoms with Crippen LogP contribution < -0.4 is 0 Å². The second kappa shape index (κ2) is 16.4. The van der Waals surface area contributed by atoms with Gasteiger partial charge in [0.15, 0.2) is 0 Å². The maximum Gasteiger partial charge on any atom is 0.279 e. The number of carbonyl (C=O) groups excluding carboxylic acids is 2. The molecule has 252 valence electrons. The molecule has 1 aliphatic carbocycles. The molecule has 0 radical (unpaired) electrons. The molecule has 1 aliphatic rings. The van der Waals surface area contributed by atoms with Crippen LogP contribution in [0, 0.1) is 71.0 Å². The molecule has 0 aliphatic heterocycles. The second-order valence-corrected chi connectivity index (χ2v) is 11.2. The highest BCUT2D eigenvalue weighted by Crippen LogP contribution is 2.30. The monoisotopic (exact) mass is 680 g/mol. The lowest BCUT2D eigenvalue weighted by Crippen LogP contribution is -2.30. The minimum absolute atomic E-state index is 0.541. The van der Waals surface area contributed by atoms with E-state index in [4.69, 9.17) is 18.9 Å². The van der Waals surface area contributed by atoms with Gasteiger partial charge in [0.25, 0.3) is 11.6 Å². The zero-order valence-corrected chi connectivity index (χ0v) is 29.0. The summed E-state index contributed by atoms with van der Waals surface area (Å²) >= 11 is 0. The highest BCUT2D eigenvalue weighted by Gasteiger charge is 2.35. The van der Waals surface area contributed by atoms with Gasteiger partial charge in [-0.05, 0) is 71.0 Å². The van der Waals surface area contributed by atoms with E-state index in [0.717, 1.165) is 0 Å². The lowest BCUT2D eigenvalue weighted by Gasteiger charge is -2.25. The number of Topliss-reactive ketones (excluding diaryl/α,β-unsaturated/α-hetero) is 2. The number of benzene rings is 4. The Morgan fingerprint density at radius 1 is 0.327 bits per heavy atom. The normalized spacial score (nSPS) is 23.7. The Morgan fingerprint density at radius 2 is 0.519 bits per heavy atom. The van der Waals surface area contributed by atoms with Crippen molar-refractivity contribution in [3.8, 4) is 71.0 Å². The largest absolute Gasteiger partial charge is 0.351 e. The van der Waals surface area contributed by atoms with Crippen LogP contribution in [0.4, 0.5) is 0 Å². The topological polar surface area (TPSA) is 71.1 Å². The number of methoxy groups -OCH3 is 4. The van der Waals surface area contributed by atoms with Gasteiger partial charge in [-0.15, -0.1) is 0 Å². The number of carbonyl (C=O) groups is 2. The summed E-state index contributed by atoms with van der Waals surface area (Å²) in [7, 11) is 5.71. The zero-order chi connectivity index (χ0) is 36.9. The fourth-order valence-corrected chi connectivity index (χ4v) is 5.27. The number of ketones is 2. The minimum atomic E-state index is -1.64. The molecule has 0 amide bonds. The van der Waals surface area contributed by atoms with Gasteiger partial charge in [0.1, 0.15) is 0 Å². The van der Waals surface area contributed by atoms with Gasteiger partial charge >= 0.3 is 0 Å². The first-order valence-electron chi connectivity index (χ1n) is 16.0. The van der Waals surface area contributed by atoms with E-state index < -0.39 is 34.0 Å². The van der Waals surface area contributed by atoms with Crippen LogP contribution in [0.3, 0.4) is 0 Å². The summed E-state index contributed by atoms with van der Waals surface area (Å²) in [4.78, 5) is 27.0. The van der Waals surface area contributed by atoms with Crippen LogP contribution in [0.5, 0.6) is 0 Å². The van der Waals surface area contributed by atoms with Crippen molar-refractivity contribution in [2.45, 2.75) is 22.4 Å². The average molecular weight is 681 g/mol. The Balaban J connectivity index is 1.85. The van der Waals surface area contributed by atoms with E-state index in [1.807, 2.05) is 24.3 Å². The summed E-state index contributed by atoms with van der Waals surface area (Å²) in [5, 5.41) is 0. The SMILES string of the molecule is COC1(c2ccccc2)C#CC(=O)C#CC(OC)(c2ccccc2)C#CC(OC)(c2ccccc2)C#CC(=O)C#CC(OC)(c2ccccc2)C#C1. The van der Waals surface area contributed by atoms with Crippen molar-refractivity contribution in [3.05, 3.63) is 144 Å². The van der Waals surface area contributed by atoms with Crippen molar-refractivity contribution in [3.63, 3.8) is 0 Å². The summed E-state index contributed by atoms with van der Waals surface area (Å²) in [6.45, 7) is 0. The minimum Gasteiger partial charge on any atom is -0.351 e. The van der Waals surface area contributed by atoms with Gasteiger partial charge in [-0.25, -0.2) is 0 Å². The molecule has 6 heteroatoms. The van der Waals surface area contributed by atoms with Gasteiger partial charge in [-0.3, -0.25) is 9.59 Å². The van der Waals surface area contributed by atoms with Crippen LogP contribution in [-0.4, -0.2) is 40.0 Å². The smallest absolute Gasteiger partial charge is 0.279 e. The van der Waals surface area contributed by atoms with E-state index in [1.165, 1.54) is 28.4 Å². The number of rotatable bonds is 8. The molecule has 52 heavy (non-hydrogen) atoms. The zero-order valence-electron chi connectivity index (χ0n) is 29.0. The molecule has 0 aromatic heterocycles. The number of ether oxygens (including phenoxy) is 4. The second-order valence-electron chi connectivity index (χ2n) is 11.2. The quantitative estimate of drug-likeness (QED) is 0.185. The molecule has 4 unspecified atom stereocenters. The third-order valence-corrected chi connectivity index (χ3v) is 8.18. The molecule has 0 bridgehead atoms. The molecule has 0 fully saturated rings. The first-order valence-corrected chi connectivity index (χ1v) is 16.0. The summed E-state index contributed by atoms with van der Waals surface area (Å²) in [5.41, 5.74) is -4.40. The molecule has 4 aromatic rings. The summed E-state index contributed by atoms with van der Waals surface area (Å²) in [6, 6.07) is 35.9. The molecule has 0 saturated carbocycles. The third kappa shape index (κ3) is 7.90. The third-order valence-electron chi connectivity index (χ3n) is 8.18. The summed E-state index contributed by atoms with van der Waals surface area (Å²) < 4.78 is 23.8. The van der Waals surface area contributed by atoms with Crippen LogP contribution in [0.25, 0.3) is 0 Å². The molecule has 4 aromatic carbocycles. The van der Waals surface area contributed by atoms with Crippen LogP contribution in [-0.2, 0) is 50.9 Å². The standard InChI is InChI=1S/C46H32O6/c1-49-43(37-17-9-5-10-18-37)29-25-41(47)26-31-45(51-3,39-21-13-7-14-22-39)35-36-46(52-4,40-23-15-8-16-24-40)32-28-42(48)27-30-44(50-2,34-33-43)38-19-11-6-12-20-38/h5-24H,1-4H3. The van der Waals surface area contributed by atoms with Gasteiger partial charge in [0.05, 0.1) is 0 Å². The maximum absolute atomic E-state index is 13.5. The van der Waals surface area contributed by atoms with Gasteiger partial charge < -0.3 is 18.9 Å². The molecular weight excluding hydrogens is 649 g/mol. The van der Waals surface area contributed by atoms with Crippen LogP contribution in [0.15, 0.2) is 121 Å². The Bertz CT molecular complexity index is 1990. The van der Waals surface area contributed by atoms with Crippen LogP contribution in [0.1, 0.15) is 22.3 Å². The van der Waals surface area contributed by atoms with Crippen molar-refractivity contribution < 1.29 is 28.5 Å². The van der Waals surface area contributed by atoms with Gasteiger partial charge in [0, 0.05) is 50.7 Å². The first-order chi connectivity index (χ1) is 25.3. The first kappa shape index (κ1) is 36.7. The molecule has 0 saturated heterocycles. The van der Waals surface area contributed by atoms with E-state index in [-0.39, 0.29) is 0 Å². The lowest BCUT2D eigenvalue weighted by atomic mass is 9.89. The summed E-state index contributed by atoms with van der Waals surface area (Å²) in [5.74, 6) is 33.0. The highest BCUT2D eigenvalue weighted by molar-refractivity contribution is 6.09. The molecule has 6 nitrogen and oxygen atoms in total. The number of hydrogen-bond acceptors (Lipinski definition) is 6. The van der Waals surface area contributed by atoms with Crippen molar-refractivity contribution in [2.24, 2.45) is 0 Å².